The van der Waals surface area contributed by atoms with Crippen LogP contribution < -0.4 is 15.0 Å². The van der Waals surface area contributed by atoms with Crippen molar-refractivity contribution in [1.29, 1.82) is 0 Å². The lowest BCUT2D eigenvalue weighted by Gasteiger charge is -2.57. The van der Waals surface area contributed by atoms with Crippen LogP contribution >= 0.6 is 0 Å². The predicted octanol–water partition coefficient (Wildman–Crippen LogP) is 8.40. The molecule has 3 aromatic rings. The van der Waals surface area contributed by atoms with E-state index in [2.05, 4.69) is 67.5 Å². The Kier molecular flexibility index (Phi) is 6.78. The Bertz CT molecular complexity index is 1290. The summed E-state index contributed by atoms with van der Waals surface area (Å²) >= 11 is 0. The second-order valence-electron chi connectivity index (χ2n) is 12.7. The van der Waals surface area contributed by atoms with Crippen LogP contribution in [0.5, 0.6) is 5.75 Å². The maximum absolute atomic E-state index is 11.9. The summed E-state index contributed by atoms with van der Waals surface area (Å²) in [5, 5.41) is 13.0. The van der Waals surface area contributed by atoms with Crippen molar-refractivity contribution in [2.75, 3.05) is 23.9 Å². The summed E-state index contributed by atoms with van der Waals surface area (Å²) in [5.74, 6) is 2.81. The predicted molar refractivity (Wildman–Crippen MR) is 158 cm³/mol. The van der Waals surface area contributed by atoms with E-state index in [1.807, 2.05) is 18.2 Å². The third-order valence-corrected chi connectivity index (χ3v) is 9.24. The Morgan fingerprint density at radius 1 is 0.923 bits per heavy atom. The van der Waals surface area contributed by atoms with Crippen molar-refractivity contribution >= 4 is 28.7 Å². The minimum atomic E-state index is -0.985. The van der Waals surface area contributed by atoms with E-state index in [0.717, 1.165) is 29.1 Å². The molecular formula is C34H40N2O3. The summed E-state index contributed by atoms with van der Waals surface area (Å²) in [6, 6.07) is 22.6. The van der Waals surface area contributed by atoms with Gasteiger partial charge in [-0.15, -0.1) is 0 Å². The fourth-order valence-electron chi connectivity index (χ4n) is 7.74. The van der Waals surface area contributed by atoms with Crippen LogP contribution in [0.1, 0.15) is 68.3 Å². The van der Waals surface area contributed by atoms with Crippen molar-refractivity contribution in [3.05, 3.63) is 77.9 Å². The first kappa shape index (κ1) is 25.8. The average molecular weight is 525 g/mol. The number of carboxylic acid groups (broad SMARTS) is 1. The smallest absolute Gasteiger partial charge is 0.337 e. The van der Waals surface area contributed by atoms with Crippen LogP contribution in [0, 0.1) is 23.7 Å². The first-order valence-corrected chi connectivity index (χ1v) is 14.5. The van der Waals surface area contributed by atoms with E-state index in [4.69, 9.17) is 4.74 Å². The Balaban J connectivity index is 1.14. The van der Waals surface area contributed by atoms with Gasteiger partial charge in [0.05, 0.1) is 17.9 Å². The fraction of sp³-hybridized carbons (Fsp3) is 0.441. The van der Waals surface area contributed by atoms with E-state index < -0.39 is 5.97 Å². The molecule has 5 nitrogen and oxygen atoms in total. The summed E-state index contributed by atoms with van der Waals surface area (Å²) < 4.78 is 5.72. The van der Waals surface area contributed by atoms with Crippen molar-refractivity contribution in [1.82, 2.24) is 0 Å². The molecule has 0 spiro atoms. The monoisotopic (exact) mass is 524 g/mol. The molecule has 4 aliphatic carbocycles. The summed E-state index contributed by atoms with van der Waals surface area (Å²) in [6.07, 6.45) is 8.58. The van der Waals surface area contributed by atoms with Gasteiger partial charge in [0.15, 0.2) is 0 Å². The van der Waals surface area contributed by atoms with E-state index in [-0.39, 0.29) is 5.56 Å². The molecule has 7 rings (SSSR count). The maximum Gasteiger partial charge on any atom is 0.337 e. The number of rotatable bonds is 9. The van der Waals surface area contributed by atoms with Gasteiger partial charge in [0, 0.05) is 24.1 Å². The van der Waals surface area contributed by atoms with E-state index in [9.17, 15) is 9.90 Å². The second kappa shape index (κ2) is 10.3. The lowest BCUT2D eigenvalue weighted by molar-refractivity contribution is -0.00518. The zero-order chi connectivity index (χ0) is 27.1. The number of benzene rings is 3. The molecule has 0 saturated heterocycles. The molecule has 0 atom stereocenters. The number of carbonyl (C=O) groups is 1. The average Bonchev–Trinajstić information content (AvgIpc) is 2.92. The molecule has 4 bridgehead atoms. The molecule has 0 radical (unpaired) electrons. The number of aromatic carboxylic acids is 1. The molecule has 2 N–H and O–H groups in total. The molecule has 0 aliphatic heterocycles. The molecule has 4 fully saturated rings. The van der Waals surface area contributed by atoms with E-state index in [1.54, 1.807) is 17.7 Å². The number of nitrogens with zero attached hydrogens (tertiary/aromatic N) is 1. The summed E-state index contributed by atoms with van der Waals surface area (Å²) in [4.78, 5) is 14.1. The molecule has 0 amide bonds. The third kappa shape index (κ3) is 5.24. The van der Waals surface area contributed by atoms with Gasteiger partial charge in [-0.3, -0.25) is 0 Å². The van der Waals surface area contributed by atoms with Gasteiger partial charge < -0.3 is 20.1 Å². The molecule has 0 aromatic heterocycles. The van der Waals surface area contributed by atoms with Crippen LogP contribution in [-0.2, 0) is 5.41 Å². The SMILES string of the molecule is CC(C)COc1ccc(Nc2ccc(N(C)c3ccc(C45CC6CC(CC(C6)C4)C5)cc3)cc2)c(C(=O)O)c1. The van der Waals surface area contributed by atoms with E-state index >= 15 is 0 Å². The molecule has 3 aromatic carbocycles. The lowest BCUT2D eigenvalue weighted by atomic mass is 9.48. The van der Waals surface area contributed by atoms with E-state index in [1.165, 1.54) is 44.2 Å². The zero-order valence-electron chi connectivity index (χ0n) is 23.3. The molecule has 4 saturated carbocycles. The van der Waals surface area contributed by atoms with Gasteiger partial charge in [-0.1, -0.05) is 26.0 Å². The van der Waals surface area contributed by atoms with Gasteiger partial charge in [0.1, 0.15) is 5.75 Å². The first-order chi connectivity index (χ1) is 18.8. The number of nitrogens with one attached hydrogen (secondary N) is 1. The highest BCUT2D eigenvalue weighted by Gasteiger charge is 2.51. The van der Waals surface area contributed by atoms with Gasteiger partial charge in [-0.25, -0.2) is 4.79 Å². The normalized spacial score (nSPS) is 25.1. The summed E-state index contributed by atoms with van der Waals surface area (Å²) in [7, 11) is 2.10. The maximum atomic E-state index is 11.9. The van der Waals surface area contributed by atoms with Gasteiger partial charge in [-0.2, -0.15) is 0 Å². The highest BCUT2D eigenvalue weighted by molar-refractivity contribution is 5.95. The topological polar surface area (TPSA) is 61.8 Å². The fourth-order valence-corrected chi connectivity index (χ4v) is 7.74. The Hall–Kier alpha value is -3.47. The van der Waals surface area contributed by atoms with Crippen LogP contribution in [0.3, 0.4) is 0 Å². The number of ether oxygens (including phenoxy) is 1. The van der Waals surface area contributed by atoms with Crippen molar-refractivity contribution in [2.24, 2.45) is 23.7 Å². The number of hydrogen-bond donors (Lipinski definition) is 2. The van der Waals surface area contributed by atoms with Crippen molar-refractivity contribution in [3.8, 4) is 5.75 Å². The van der Waals surface area contributed by atoms with Crippen LogP contribution in [0.2, 0.25) is 0 Å². The van der Waals surface area contributed by atoms with Crippen LogP contribution in [-0.4, -0.2) is 24.7 Å². The van der Waals surface area contributed by atoms with Crippen LogP contribution in [0.4, 0.5) is 22.7 Å². The highest BCUT2D eigenvalue weighted by atomic mass is 16.5. The van der Waals surface area contributed by atoms with Gasteiger partial charge in [0.25, 0.3) is 0 Å². The van der Waals surface area contributed by atoms with Crippen LogP contribution in [0.15, 0.2) is 66.7 Å². The minimum absolute atomic E-state index is 0.191. The molecule has 0 heterocycles. The second-order valence-corrected chi connectivity index (χ2v) is 12.7. The first-order valence-electron chi connectivity index (χ1n) is 14.5. The number of hydrogen-bond acceptors (Lipinski definition) is 4. The molecule has 0 unspecified atom stereocenters. The highest BCUT2D eigenvalue weighted by Crippen LogP contribution is 2.60. The Labute approximate surface area is 232 Å². The Morgan fingerprint density at radius 3 is 2.03 bits per heavy atom. The lowest BCUT2D eigenvalue weighted by Crippen LogP contribution is -2.48. The third-order valence-electron chi connectivity index (χ3n) is 9.24. The minimum Gasteiger partial charge on any atom is -0.493 e. The van der Waals surface area contributed by atoms with Crippen molar-refractivity contribution in [2.45, 2.75) is 57.8 Å². The van der Waals surface area contributed by atoms with Gasteiger partial charge in [-0.05, 0) is 128 Å². The molecule has 4 aliphatic rings. The summed E-state index contributed by atoms with van der Waals surface area (Å²) in [6.45, 7) is 4.67. The van der Waals surface area contributed by atoms with Gasteiger partial charge >= 0.3 is 5.97 Å². The largest absolute Gasteiger partial charge is 0.493 e. The van der Waals surface area contributed by atoms with E-state index in [0.29, 0.717) is 29.4 Å². The van der Waals surface area contributed by atoms with Crippen LogP contribution in [0.25, 0.3) is 0 Å². The molecule has 204 valence electrons. The number of anilines is 4. The summed E-state index contributed by atoms with van der Waals surface area (Å²) in [5.41, 5.74) is 5.80. The quantitative estimate of drug-likeness (QED) is 0.294. The Morgan fingerprint density at radius 2 is 1.49 bits per heavy atom. The molecule has 39 heavy (non-hydrogen) atoms. The van der Waals surface area contributed by atoms with Gasteiger partial charge in [0.2, 0.25) is 0 Å². The molecule has 5 heteroatoms. The number of carboxylic acids is 1. The van der Waals surface area contributed by atoms with Crippen molar-refractivity contribution < 1.29 is 14.6 Å². The zero-order valence-corrected chi connectivity index (χ0v) is 23.3. The standard InChI is InChI=1S/C34H40N2O3/c1-22(2)21-39-30-12-13-32(31(17-30)33(37)38)35-27-6-10-29(11-7-27)36(3)28-8-4-26(5-9-28)34-18-23-14-24(19-34)16-25(15-23)20-34/h4-13,17,22-25,35H,14-16,18-21H2,1-3H3,(H,37,38). The molecular weight excluding hydrogens is 484 g/mol. The van der Waals surface area contributed by atoms with Crippen molar-refractivity contribution in [3.63, 3.8) is 0 Å².